The first-order valence-electron chi connectivity index (χ1n) is 7.18. The van der Waals surface area contributed by atoms with E-state index in [1.54, 1.807) is 4.90 Å². The van der Waals surface area contributed by atoms with Crippen molar-refractivity contribution >= 4 is 12.0 Å². The molecular weight excluding hydrogens is 270 g/mol. The van der Waals surface area contributed by atoms with E-state index in [0.717, 1.165) is 6.42 Å². The SMILES string of the molecule is CCC(C)CN(CC)C(=O)NCc1cc(C(=O)O)ccn1. The standard InChI is InChI=1S/C15H23N3O3/c1-4-11(3)10-18(5-2)15(21)17-9-13-8-12(14(19)20)6-7-16-13/h6-8,11H,4-5,9-10H2,1-3H3,(H,17,21)(H,19,20). The van der Waals surface area contributed by atoms with Gasteiger partial charge < -0.3 is 15.3 Å². The van der Waals surface area contributed by atoms with Crippen molar-refractivity contribution in [3.8, 4) is 0 Å². The summed E-state index contributed by atoms with van der Waals surface area (Å²) in [5, 5.41) is 11.7. The third kappa shape index (κ3) is 5.41. The Morgan fingerprint density at radius 3 is 2.71 bits per heavy atom. The molecule has 0 fully saturated rings. The van der Waals surface area contributed by atoms with Crippen molar-refractivity contribution in [3.05, 3.63) is 29.6 Å². The first kappa shape index (κ1) is 16.9. The first-order valence-corrected chi connectivity index (χ1v) is 7.18. The Kier molecular flexibility index (Phi) is 6.65. The van der Waals surface area contributed by atoms with Gasteiger partial charge in [-0.2, -0.15) is 0 Å². The molecule has 1 aromatic heterocycles. The van der Waals surface area contributed by atoms with Gasteiger partial charge in [0, 0.05) is 19.3 Å². The molecule has 0 aliphatic rings. The Morgan fingerprint density at radius 2 is 2.14 bits per heavy atom. The minimum Gasteiger partial charge on any atom is -0.478 e. The second-order valence-electron chi connectivity index (χ2n) is 5.05. The summed E-state index contributed by atoms with van der Waals surface area (Å²) in [6.07, 6.45) is 2.45. The number of rotatable bonds is 7. The Labute approximate surface area is 125 Å². The van der Waals surface area contributed by atoms with Gasteiger partial charge in [0.2, 0.25) is 0 Å². The topological polar surface area (TPSA) is 82.5 Å². The Balaban J connectivity index is 2.58. The Morgan fingerprint density at radius 1 is 1.43 bits per heavy atom. The molecule has 1 rings (SSSR count). The lowest BCUT2D eigenvalue weighted by Gasteiger charge is -2.24. The summed E-state index contributed by atoms with van der Waals surface area (Å²) in [5.74, 6) is -0.555. The maximum atomic E-state index is 12.1. The van der Waals surface area contributed by atoms with Crippen molar-refractivity contribution in [3.63, 3.8) is 0 Å². The van der Waals surface area contributed by atoms with Gasteiger partial charge in [0.15, 0.2) is 0 Å². The van der Waals surface area contributed by atoms with E-state index in [-0.39, 0.29) is 18.1 Å². The van der Waals surface area contributed by atoms with Crippen LogP contribution in [0.25, 0.3) is 0 Å². The van der Waals surface area contributed by atoms with Crippen LogP contribution in [0.2, 0.25) is 0 Å². The number of nitrogens with one attached hydrogen (secondary N) is 1. The zero-order valence-electron chi connectivity index (χ0n) is 12.8. The molecule has 0 saturated carbocycles. The molecule has 0 aromatic carbocycles. The van der Waals surface area contributed by atoms with Gasteiger partial charge >= 0.3 is 12.0 Å². The third-order valence-electron chi connectivity index (χ3n) is 3.38. The zero-order chi connectivity index (χ0) is 15.8. The first-order chi connectivity index (χ1) is 9.97. The molecule has 0 radical (unpaired) electrons. The zero-order valence-corrected chi connectivity index (χ0v) is 12.8. The second kappa shape index (κ2) is 8.24. The lowest BCUT2D eigenvalue weighted by Crippen LogP contribution is -2.41. The number of carboxylic acids is 1. The number of amides is 2. The highest BCUT2D eigenvalue weighted by Crippen LogP contribution is 2.05. The summed E-state index contributed by atoms with van der Waals surface area (Å²) in [6.45, 7) is 7.70. The summed E-state index contributed by atoms with van der Waals surface area (Å²) in [7, 11) is 0. The summed E-state index contributed by atoms with van der Waals surface area (Å²) in [6, 6.07) is 2.74. The minimum absolute atomic E-state index is 0.152. The molecule has 0 aliphatic carbocycles. The molecule has 21 heavy (non-hydrogen) atoms. The van der Waals surface area contributed by atoms with E-state index in [9.17, 15) is 9.59 Å². The molecule has 116 valence electrons. The average Bonchev–Trinajstić information content (AvgIpc) is 2.50. The van der Waals surface area contributed by atoms with Gasteiger partial charge in [-0.3, -0.25) is 4.98 Å². The van der Waals surface area contributed by atoms with Crippen LogP contribution in [-0.2, 0) is 6.54 Å². The number of hydrogen-bond acceptors (Lipinski definition) is 3. The molecule has 6 heteroatoms. The molecule has 1 atom stereocenters. The van der Waals surface area contributed by atoms with Crippen molar-refractivity contribution in [2.45, 2.75) is 33.7 Å². The fourth-order valence-corrected chi connectivity index (χ4v) is 1.85. The van der Waals surface area contributed by atoms with Crippen LogP contribution in [0.1, 0.15) is 43.2 Å². The van der Waals surface area contributed by atoms with Crippen molar-refractivity contribution in [1.29, 1.82) is 0 Å². The lowest BCUT2D eigenvalue weighted by molar-refractivity contribution is 0.0696. The van der Waals surface area contributed by atoms with Crippen molar-refractivity contribution in [1.82, 2.24) is 15.2 Å². The number of carbonyl (C=O) groups is 2. The van der Waals surface area contributed by atoms with Crippen molar-refractivity contribution in [2.75, 3.05) is 13.1 Å². The smallest absolute Gasteiger partial charge is 0.335 e. The van der Waals surface area contributed by atoms with E-state index in [1.807, 2.05) is 6.92 Å². The molecule has 1 aromatic rings. The van der Waals surface area contributed by atoms with Crippen LogP contribution in [0.5, 0.6) is 0 Å². The Bertz CT molecular complexity index is 491. The highest BCUT2D eigenvalue weighted by molar-refractivity contribution is 5.87. The summed E-state index contributed by atoms with van der Waals surface area (Å²) in [5.41, 5.74) is 0.698. The van der Waals surface area contributed by atoms with Gasteiger partial charge in [-0.05, 0) is 25.0 Å². The second-order valence-corrected chi connectivity index (χ2v) is 5.05. The number of aromatic carboxylic acids is 1. The third-order valence-corrected chi connectivity index (χ3v) is 3.38. The van der Waals surface area contributed by atoms with Gasteiger partial charge in [0.05, 0.1) is 17.8 Å². The van der Waals surface area contributed by atoms with Gasteiger partial charge in [-0.1, -0.05) is 20.3 Å². The summed E-state index contributed by atoms with van der Waals surface area (Å²) >= 11 is 0. The number of hydrogen-bond donors (Lipinski definition) is 2. The predicted molar refractivity (Wildman–Crippen MR) is 80.1 cm³/mol. The highest BCUT2D eigenvalue weighted by Gasteiger charge is 2.14. The maximum Gasteiger partial charge on any atom is 0.335 e. The van der Waals surface area contributed by atoms with Gasteiger partial charge in [0.25, 0.3) is 0 Å². The van der Waals surface area contributed by atoms with Crippen molar-refractivity contribution in [2.24, 2.45) is 5.92 Å². The molecule has 1 heterocycles. The molecule has 0 bridgehead atoms. The quantitative estimate of drug-likeness (QED) is 0.808. The molecule has 0 saturated heterocycles. The van der Waals surface area contributed by atoms with Gasteiger partial charge in [-0.15, -0.1) is 0 Å². The van der Waals surface area contributed by atoms with Gasteiger partial charge in [-0.25, -0.2) is 9.59 Å². The fourth-order valence-electron chi connectivity index (χ4n) is 1.85. The predicted octanol–water partition coefficient (Wildman–Crippen LogP) is 2.36. The van der Waals surface area contributed by atoms with Crippen LogP contribution in [0.15, 0.2) is 18.3 Å². The van der Waals surface area contributed by atoms with E-state index in [4.69, 9.17) is 5.11 Å². The normalized spacial score (nSPS) is 11.8. The van der Waals surface area contributed by atoms with E-state index in [2.05, 4.69) is 24.1 Å². The number of carbonyl (C=O) groups excluding carboxylic acids is 1. The van der Waals surface area contributed by atoms with Crippen LogP contribution >= 0.6 is 0 Å². The number of aromatic nitrogens is 1. The summed E-state index contributed by atoms with van der Waals surface area (Å²) in [4.78, 5) is 28.8. The van der Waals surface area contributed by atoms with Crippen LogP contribution in [0, 0.1) is 5.92 Å². The number of nitrogens with zero attached hydrogens (tertiary/aromatic N) is 2. The monoisotopic (exact) mass is 293 g/mol. The molecular formula is C15H23N3O3. The van der Waals surface area contributed by atoms with Crippen LogP contribution in [0.4, 0.5) is 4.79 Å². The largest absolute Gasteiger partial charge is 0.478 e. The molecule has 0 spiro atoms. The van der Waals surface area contributed by atoms with Gasteiger partial charge in [0.1, 0.15) is 0 Å². The minimum atomic E-state index is -1.00. The Hall–Kier alpha value is -2.11. The van der Waals surface area contributed by atoms with Crippen LogP contribution in [-0.4, -0.2) is 40.1 Å². The molecule has 2 amide bonds. The molecule has 0 aliphatic heterocycles. The van der Waals surface area contributed by atoms with E-state index >= 15 is 0 Å². The van der Waals surface area contributed by atoms with Crippen LogP contribution < -0.4 is 5.32 Å². The van der Waals surface area contributed by atoms with Crippen molar-refractivity contribution < 1.29 is 14.7 Å². The lowest BCUT2D eigenvalue weighted by atomic mass is 10.1. The molecule has 6 nitrogen and oxygen atoms in total. The van der Waals surface area contributed by atoms with Crippen LogP contribution in [0.3, 0.4) is 0 Å². The van der Waals surface area contributed by atoms with E-state index < -0.39 is 5.97 Å². The fraction of sp³-hybridized carbons (Fsp3) is 0.533. The molecule has 2 N–H and O–H groups in total. The highest BCUT2D eigenvalue weighted by atomic mass is 16.4. The number of urea groups is 1. The average molecular weight is 293 g/mol. The number of carboxylic acid groups (broad SMARTS) is 1. The maximum absolute atomic E-state index is 12.1. The summed E-state index contributed by atoms with van der Waals surface area (Å²) < 4.78 is 0. The molecule has 1 unspecified atom stereocenters. The van der Waals surface area contributed by atoms with E-state index in [0.29, 0.717) is 24.7 Å². The van der Waals surface area contributed by atoms with E-state index in [1.165, 1.54) is 18.3 Å². The number of pyridine rings is 1.